The van der Waals surface area contributed by atoms with Gasteiger partial charge in [0.2, 0.25) is 0 Å². The summed E-state index contributed by atoms with van der Waals surface area (Å²) in [6.07, 6.45) is 0.627. The molecule has 3 unspecified atom stereocenters. The predicted octanol–water partition coefficient (Wildman–Crippen LogP) is 3.96. The summed E-state index contributed by atoms with van der Waals surface area (Å²) in [5.74, 6) is 1.78. The lowest BCUT2D eigenvalue weighted by atomic mass is 9.78. The van der Waals surface area contributed by atoms with Crippen molar-refractivity contribution in [2.45, 2.75) is 44.5 Å². The highest BCUT2D eigenvalue weighted by atomic mass is 16.6. The second kappa shape index (κ2) is 6.93. The Hall–Kier alpha value is -2.04. The second-order valence-electron chi connectivity index (χ2n) is 7.63. The van der Waals surface area contributed by atoms with Crippen LogP contribution < -0.4 is 9.47 Å². The van der Waals surface area contributed by atoms with Crippen molar-refractivity contribution in [1.29, 1.82) is 0 Å². The molecule has 2 aromatic carbocycles. The van der Waals surface area contributed by atoms with Crippen LogP contribution in [0.1, 0.15) is 31.9 Å². The first-order valence-corrected chi connectivity index (χ1v) is 9.26. The van der Waals surface area contributed by atoms with Crippen molar-refractivity contribution in [3.63, 3.8) is 0 Å². The summed E-state index contributed by atoms with van der Waals surface area (Å²) in [6.45, 7) is 8.77. The lowest BCUT2D eigenvalue weighted by Gasteiger charge is -2.26. The normalized spacial score (nSPS) is 22.6. The van der Waals surface area contributed by atoms with Gasteiger partial charge in [-0.25, -0.2) is 0 Å². The first-order chi connectivity index (χ1) is 12.5. The molecular weight excluding hydrogens is 328 g/mol. The van der Waals surface area contributed by atoms with Crippen molar-refractivity contribution in [3.05, 3.63) is 59.7 Å². The molecule has 0 amide bonds. The number of hydrogen-bond donors (Lipinski definition) is 0. The fourth-order valence-electron chi connectivity index (χ4n) is 3.06. The highest BCUT2D eigenvalue weighted by Gasteiger charge is 2.31. The molecule has 3 atom stereocenters. The largest absolute Gasteiger partial charge is 0.491 e. The van der Waals surface area contributed by atoms with Gasteiger partial charge in [-0.05, 0) is 42.3 Å². The van der Waals surface area contributed by atoms with Gasteiger partial charge >= 0.3 is 0 Å². The molecule has 2 aliphatic rings. The van der Waals surface area contributed by atoms with Gasteiger partial charge in [-0.15, -0.1) is 0 Å². The van der Waals surface area contributed by atoms with E-state index in [2.05, 4.69) is 45.0 Å². The van der Waals surface area contributed by atoms with Crippen LogP contribution in [0.5, 0.6) is 11.5 Å². The smallest absolute Gasteiger partial charge is 0.124 e. The van der Waals surface area contributed by atoms with Gasteiger partial charge in [-0.1, -0.05) is 38.1 Å². The third-order valence-electron chi connectivity index (χ3n) is 5.19. The Kier molecular flexibility index (Phi) is 4.63. The Labute approximate surface area is 155 Å². The maximum Gasteiger partial charge on any atom is 0.124 e. The molecule has 0 aliphatic carbocycles. The highest BCUT2D eigenvalue weighted by Crippen LogP contribution is 2.33. The van der Waals surface area contributed by atoms with Crippen molar-refractivity contribution in [3.8, 4) is 11.5 Å². The van der Waals surface area contributed by atoms with Gasteiger partial charge < -0.3 is 18.9 Å². The Balaban J connectivity index is 1.42. The molecule has 4 nitrogen and oxygen atoms in total. The Morgan fingerprint density at radius 2 is 1.46 bits per heavy atom. The lowest BCUT2D eigenvalue weighted by Crippen LogP contribution is -2.20. The van der Waals surface area contributed by atoms with Crippen molar-refractivity contribution in [1.82, 2.24) is 0 Å². The van der Waals surface area contributed by atoms with E-state index in [9.17, 15) is 0 Å². The van der Waals surface area contributed by atoms with Gasteiger partial charge in [0, 0.05) is 5.41 Å². The molecule has 2 heterocycles. The number of epoxide rings is 2. The summed E-state index contributed by atoms with van der Waals surface area (Å²) in [5, 5.41) is 0. The van der Waals surface area contributed by atoms with E-state index in [1.165, 1.54) is 11.1 Å². The second-order valence-corrected chi connectivity index (χ2v) is 7.63. The van der Waals surface area contributed by atoms with E-state index in [4.69, 9.17) is 18.9 Å². The summed E-state index contributed by atoms with van der Waals surface area (Å²) in [4.78, 5) is 0. The summed E-state index contributed by atoms with van der Waals surface area (Å²) in [5.41, 5.74) is 2.41. The molecule has 0 bridgehead atoms. The first kappa shape index (κ1) is 17.4. The van der Waals surface area contributed by atoms with Crippen molar-refractivity contribution >= 4 is 0 Å². The molecular formula is C22H26O4. The summed E-state index contributed by atoms with van der Waals surface area (Å²) < 4.78 is 22.1. The Morgan fingerprint density at radius 3 is 1.96 bits per heavy atom. The third-order valence-corrected chi connectivity index (χ3v) is 5.19. The maximum atomic E-state index is 5.93. The number of hydrogen-bond acceptors (Lipinski definition) is 4. The minimum atomic E-state index is -0.0954. The summed E-state index contributed by atoms with van der Waals surface area (Å²) >= 11 is 0. The molecule has 0 spiro atoms. The van der Waals surface area contributed by atoms with E-state index >= 15 is 0 Å². The average molecular weight is 354 g/mol. The van der Waals surface area contributed by atoms with Crippen LogP contribution in [0.25, 0.3) is 0 Å². The van der Waals surface area contributed by atoms with E-state index in [1.54, 1.807) is 0 Å². The zero-order valence-corrected chi connectivity index (χ0v) is 15.6. The molecule has 0 aromatic heterocycles. The van der Waals surface area contributed by atoms with Crippen LogP contribution in [-0.4, -0.2) is 38.1 Å². The average Bonchev–Trinajstić information content (AvgIpc) is 3.54. The van der Waals surface area contributed by atoms with Gasteiger partial charge in [0.1, 0.15) is 36.4 Å². The monoisotopic (exact) mass is 354 g/mol. The lowest BCUT2D eigenvalue weighted by molar-refractivity contribution is 0.176. The van der Waals surface area contributed by atoms with Gasteiger partial charge in [-0.2, -0.15) is 0 Å². The number of rotatable bonds is 8. The van der Waals surface area contributed by atoms with Gasteiger partial charge in [0.15, 0.2) is 0 Å². The zero-order valence-electron chi connectivity index (χ0n) is 15.6. The Morgan fingerprint density at radius 1 is 0.923 bits per heavy atom. The quantitative estimate of drug-likeness (QED) is 0.673. The summed E-state index contributed by atoms with van der Waals surface area (Å²) in [7, 11) is 0. The highest BCUT2D eigenvalue weighted by molar-refractivity contribution is 5.41. The van der Waals surface area contributed by atoms with Gasteiger partial charge in [0.05, 0.1) is 13.2 Å². The van der Waals surface area contributed by atoms with Crippen LogP contribution in [0, 0.1) is 0 Å². The van der Waals surface area contributed by atoms with Crippen molar-refractivity contribution in [2.75, 3.05) is 19.8 Å². The molecule has 2 aliphatic heterocycles. The molecule has 138 valence electrons. The molecule has 26 heavy (non-hydrogen) atoms. The molecule has 0 radical (unpaired) electrons. The zero-order chi connectivity index (χ0) is 18.1. The fraction of sp³-hybridized carbons (Fsp3) is 0.455. The van der Waals surface area contributed by atoms with Crippen LogP contribution in [0.15, 0.2) is 48.5 Å². The van der Waals surface area contributed by atoms with Crippen molar-refractivity contribution in [2.24, 2.45) is 0 Å². The summed E-state index contributed by atoms with van der Waals surface area (Å²) in [6, 6.07) is 16.7. The SMILES string of the molecule is CC(Oc1ccc(C(C)(C)c2ccc(OCC3CO3)cc2)cc1)C1CO1. The van der Waals surface area contributed by atoms with E-state index in [0.717, 1.165) is 24.7 Å². The van der Waals surface area contributed by atoms with E-state index < -0.39 is 0 Å². The molecule has 4 heteroatoms. The minimum absolute atomic E-state index is 0.0954. The van der Waals surface area contributed by atoms with Crippen LogP contribution in [-0.2, 0) is 14.9 Å². The van der Waals surface area contributed by atoms with Crippen molar-refractivity contribution < 1.29 is 18.9 Å². The van der Waals surface area contributed by atoms with Crippen LogP contribution in [0.4, 0.5) is 0 Å². The molecule has 0 saturated carbocycles. The maximum absolute atomic E-state index is 5.93. The fourth-order valence-corrected chi connectivity index (χ4v) is 3.06. The predicted molar refractivity (Wildman–Crippen MR) is 100 cm³/mol. The minimum Gasteiger partial charge on any atom is -0.491 e. The molecule has 2 saturated heterocycles. The molecule has 2 fully saturated rings. The van der Waals surface area contributed by atoms with Gasteiger partial charge in [0.25, 0.3) is 0 Å². The molecule has 4 rings (SSSR count). The van der Waals surface area contributed by atoms with Gasteiger partial charge in [-0.3, -0.25) is 0 Å². The van der Waals surface area contributed by atoms with E-state index in [1.807, 2.05) is 24.3 Å². The topological polar surface area (TPSA) is 43.5 Å². The number of ether oxygens (including phenoxy) is 4. The third kappa shape index (κ3) is 4.02. The standard InChI is InChI=1S/C22H26O4/c1-15(21-14-25-21)26-19-10-6-17(7-11-19)22(2,3)16-4-8-18(9-5-16)23-12-20-13-24-20/h4-11,15,20-21H,12-14H2,1-3H3. The molecule has 2 aromatic rings. The number of benzene rings is 2. The van der Waals surface area contributed by atoms with E-state index in [0.29, 0.717) is 6.61 Å². The first-order valence-electron chi connectivity index (χ1n) is 9.26. The van der Waals surface area contributed by atoms with E-state index in [-0.39, 0.29) is 23.7 Å². The van der Waals surface area contributed by atoms with Crippen LogP contribution in [0.2, 0.25) is 0 Å². The van der Waals surface area contributed by atoms with Crippen LogP contribution >= 0.6 is 0 Å². The van der Waals surface area contributed by atoms with Crippen LogP contribution in [0.3, 0.4) is 0 Å². The Bertz CT molecular complexity index is 728. The molecule has 0 N–H and O–H groups in total.